The van der Waals surface area contributed by atoms with Gasteiger partial charge in [0, 0.05) is 31.3 Å². The second kappa shape index (κ2) is 12.5. The summed E-state index contributed by atoms with van der Waals surface area (Å²) in [6, 6.07) is 10.2. The number of hydrogen-bond acceptors (Lipinski definition) is 5. The minimum Gasteiger partial charge on any atom is -0.462 e. The monoisotopic (exact) mass is 454 g/mol. The van der Waals surface area contributed by atoms with Gasteiger partial charge in [0.15, 0.2) is 6.29 Å². The predicted molar refractivity (Wildman–Crippen MR) is 127 cm³/mol. The maximum absolute atomic E-state index is 12.4. The van der Waals surface area contributed by atoms with Crippen molar-refractivity contribution >= 4 is 5.97 Å². The molecular formula is C28H38O5. The molecule has 33 heavy (non-hydrogen) atoms. The third-order valence-electron chi connectivity index (χ3n) is 7.07. The molecule has 2 fully saturated rings. The molecule has 1 saturated carbocycles. The fourth-order valence-electron chi connectivity index (χ4n) is 5.23. The van der Waals surface area contributed by atoms with Crippen LogP contribution >= 0.6 is 0 Å². The maximum Gasteiger partial charge on any atom is 0.306 e. The van der Waals surface area contributed by atoms with E-state index in [1.165, 1.54) is 5.56 Å². The topological polar surface area (TPSA) is 65.0 Å². The fraction of sp³-hybridized carbons (Fsp3) is 0.607. The van der Waals surface area contributed by atoms with Crippen LogP contribution in [0.5, 0.6) is 0 Å². The van der Waals surface area contributed by atoms with Gasteiger partial charge in [-0.15, -0.1) is 0 Å². The van der Waals surface area contributed by atoms with E-state index in [-0.39, 0.29) is 36.3 Å². The first-order chi connectivity index (χ1) is 16.2. The number of allylic oxidation sites excluding steroid dienone is 2. The van der Waals surface area contributed by atoms with E-state index in [2.05, 4.69) is 30.4 Å². The highest BCUT2D eigenvalue weighted by Gasteiger charge is 2.45. The number of carbonyl (C=O) groups excluding carboxylic acids is 1. The molecule has 0 aromatic heterocycles. The molecule has 1 aromatic carbocycles. The van der Waals surface area contributed by atoms with Crippen LogP contribution in [-0.2, 0) is 25.4 Å². The van der Waals surface area contributed by atoms with Crippen molar-refractivity contribution in [3.05, 3.63) is 60.2 Å². The van der Waals surface area contributed by atoms with E-state index in [0.717, 1.165) is 51.6 Å². The van der Waals surface area contributed by atoms with Gasteiger partial charge in [0.05, 0.1) is 12.2 Å². The van der Waals surface area contributed by atoms with Crippen molar-refractivity contribution in [3.63, 3.8) is 0 Å². The third-order valence-corrected chi connectivity index (χ3v) is 7.07. The van der Waals surface area contributed by atoms with Gasteiger partial charge in [-0.3, -0.25) is 4.79 Å². The van der Waals surface area contributed by atoms with Gasteiger partial charge < -0.3 is 19.3 Å². The Morgan fingerprint density at radius 1 is 1.15 bits per heavy atom. The van der Waals surface area contributed by atoms with Crippen LogP contribution in [0.1, 0.15) is 63.4 Å². The van der Waals surface area contributed by atoms with Crippen molar-refractivity contribution in [1.29, 1.82) is 0 Å². The average Bonchev–Trinajstić information content (AvgIpc) is 3.15. The molecule has 0 amide bonds. The van der Waals surface area contributed by atoms with Crippen molar-refractivity contribution < 1.29 is 24.1 Å². The Balaban J connectivity index is 1.45. The molecule has 180 valence electrons. The Kier molecular flexibility index (Phi) is 9.16. The summed E-state index contributed by atoms with van der Waals surface area (Å²) in [4.78, 5) is 12.4. The van der Waals surface area contributed by atoms with E-state index in [4.69, 9.17) is 14.2 Å². The van der Waals surface area contributed by atoms with Gasteiger partial charge in [-0.05, 0) is 56.9 Å². The molecule has 2 aliphatic heterocycles. The molecule has 1 unspecified atom stereocenters. The smallest absolute Gasteiger partial charge is 0.306 e. The second-order valence-corrected chi connectivity index (χ2v) is 9.55. The van der Waals surface area contributed by atoms with E-state index in [0.29, 0.717) is 19.3 Å². The highest BCUT2D eigenvalue weighted by molar-refractivity contribution is 5.69. The molecule has 1 saturated heterocycles. The predicted octanol–water partition coefficient (Wildman–Crippen LogP) is 5.13. The number of benzene rings is 1. The Hall–Kier alpha value is -1.95. The normalized spacial score (nSPS) is 32.8. The summed E-state index contributed by atoms with van der Waals surface area (Å²) in [6.07, 6.45) is 15.8. The summed E-state index contributed by atoms with van der Waals surface area (Å²) in [7, 11) is 0. The largest absolute Gasteiger partial charge is 0.462 e. The summed E-state index contributed by atoms with van der Waals surface area (Å²) < 4.78 is 18.2. The molecular weight excluding hydrogens is 416 g/mol. The second-order valence-electron chi connectivity index (χ2n) is 9.55. The number of aliphatic hydroxyl groups excluding tert-OH is 1. The van der Waals surface area contributed by atoms with Crippen molar-refractivity contribution in [1.82, 2.24) is 0 Å². The lowest BCUT2D eigenvalue weighted by Gasteiger charge is -2.29. The van der Waals surface area contributed by atoms with Crippen LogP contribution in [-0.4, -0.2) is 42.3 Å². The third kappa shape index (κ3) is 7.26. The summed E-state index contributed by atoms with van der Waals surface area (Å²) in [5, 5.41) is 10.6. The van der Waals surface area contributed by atoms with E-state index in [1.807, 2.05) is 24.3 Å². The first-order valence-electron chi connectivity index (χ1n) is 12.7. The van der Waals surface area contributed by atoms with Crippen LogP contribution in [0.25, 0.3) is 0 Å². The quantitative estimate of drug-likeness (QED) is 0.457. The number of rotatable bonds is 7. The molecule has 0 spiro atoms. The summed E-state index contributed by atoms with van der Waals surface area (Å²) >= 11 is 0. The van der Waals surface area contributed by atoms with Gasteiger partial charge in [0.2, 0.25) is 0 Å². The van der Waals surface area contributed by atoms with Crippen LogP contribution in [0, 0.1) is 11.8 Å². The zero-order valence-corrected chi connectivity index (χ0v) is 19.5. The van der Waals surface area contributed by atoms with Crippen LogP contribution in [0.4, 0.5) is 0 Å². The van der Waals surface area contributed by atoms with Gasteiger partial charge in [-0.2, -0.15) is 0 Å². The molecule has 3 aliphatic rings. The van der Waals surface area contributed by atoms with Gasteiger partial charge in [-0.25, -0.2) is 0 Å². The lowest BCUT2D eigenvalue weighted by molar-refractivity contribution is -0.193. The molecule has 0 radical (unpaired) electrons. The SMILES string of the molecule is O=C1CCC/C=C\C[C@@H]2[C@@H](/C=C/[C@@H](O)CCc3ccccc3)[C@H](OC3CCCCO3)C[C@@H]2O1. The van der Waals surface area contributed by atoms with Gasteiger partial charge in [-0.1, -0.05) is 54.6 Å². The lowest BCUT2D eigenvalue weighted by atomic mass is 9.89. The van der Waals surface area contributed by atoms with Gasteiger partial charge in [0.1, 0.15) is 6.10 Å². The summed E-state index contributed by atoms with van der Waals surface area (Å²) in [5.74, 6) is 0.110. The number of ether oxygens (including phenoxy) is 3. The minimum atomic E-state index is -0.520. The van der Waals surface area contributed by atoms with E-state index in [1.54, 1.807) is 0 Å². The van der Waals surface area contributed by atoms with Crippen molar-refractivity contribution in [3.8, 4) is 0 Å². The van der Waals surface area contributed by atoms with E-state index < -0.39 is 6.10 Å². The molecule has 1 N–H and O–H groups in total. The number of carbonyl (C=O) groups is 1. The van der Waals surface area contributed by atoms with Crippen LogP contribution in [0.3, 0.4) is 0 Å². The van der Waals surface area contributed by atoms with Gasteiger partial charge in [0.25, 0.3) is 0 Å². The zero-order chi connectivity index (χ0) is 22.9. The number of esters is 1. The van der Waals surface area contributed by atoms with E-state index >= 15 is 0 Å². The Bertz CT molecular complexity index is 783. The van der Waals surface area contributed by atoms with E-state index in [9.17, 15) is 9.90 Å². The van der Waals surface area contributed by atoms with Gasteiger partial charge >= 0.3 is 5.97 Å². The Morgan fingerprint density at radius 3 is 2.85 bits per heavy atom. The molecule has 1 aliphatic carbocycles. The summed E-state index contributed by atoms with van der Waals surface area (Å²) in [5.41, 5.74) is 1.23. The fourth-order valence-corrected chi connectivity index (χ4v) is 5.23. The number of fused-ring (bicyclic) bond motifs is 1. The standard InChI is InChI=1S/C28H38O5/c29-22(16-15-21-10-4-3-5-11-21)17-18-24-23-12-6-1-2-7-13-27(30)32-25(23)20-26(24)33-28-14-8-9-19-31-28/h1,3-6,10-11,17-18,22-26,28-29H,2,7-9,12-16,19-20H2/b6-1-,18-17+/t22-,23+,24+,25-,26+,28?/m0/s1. The molecule has 6 atom stereocenters. The number of hydrogen-bond donors (Lipinski definition) is 1. The molecule has 0 bridgehead atoms. The Labute approximate surface area is 197 Å². The molecule has 1 aromatic rings. The molecule has 2 heterocycles. The van der Waals surface area contributed by atoms with Crippen LogP contribution in [0.15, 0.2) is 54.6 Å². The maximum atomic E-state index is 12.4. The molecule has 5 heteroatoms. The zero-order valence-electron chi connectivity index (χ0n) is 19.5. The number of aliphatic hydroxyl groups is 1. The highest BCUT2D eigenvalue weighted by atomic mass is 16.7. The highest BCUT2D eigenvalue weighted by Crippen LogP contribution is 2.41. The van der Waals surface area contributed by atoms with Crippen molar-refractivity contribution in [2.45, 2.75) is 88.8 Å². The molecule has 4 rings (SSSR count). The van der Waals surface area contributed by atoms with Crippen molar-refractivity contribution in [2.75, 3.05) is 6.61 Å². The number of aryl methyl sites for hydroxylation is 1. The molecule has 5 nitrogen and oxygen atoms in total. The minimum absolute atomic E-state index is 0.0729. The van der Waals surface area contributed by atoms with Crippen LogP contribution in [0.2, 0.25) is 0 Å². The first kappa shape index (κ1) is 24.2. The Morgan fingerprint density at radius 2 is 2.03 bits per heavy atom. The summed E-state index contributed by atoms with van der Waals surface area (Å²) in [6.45, 7) is 0.737. The lowest BCUT2D eigenvalue weighted by Crippen LogP contribution is -2.30. The first-order valence-corrected chi connectivity index (χ1v) is 12.7. The average molecular weight is 455 g/mol. The van der Waals surface area contributed by atoms with Crippen LogP contribution < -0.4 is 0 Å². The van der Waals surface area contributed by atoms with Crippen molar-refractivity contribution in [2.24, 2.45) is 11.8 Å².